The Balaban J connectivity index is 1.20. The van der Waals surface area contributed by atoms with E-state index < -0.39 is 0 Å². The Kier molecular flexibility index (Phi) is 12.1. The Morgan fingerprint density at radius 1 is 0.541 bits per heavy atom. The monoisotopic (exact) mass is 502 g/mol. The molecule has 0 aromatic heterocycles. The van der Waals surface area contributed by atoms with Crippen molar-refractivity contribution < 1.29 is 4.74 Å². The molecule has 2 fully saturated rings. The zero-order valence-corrected chi connectivity index (χ0v) is 24.1. The highest BCUT2D eigenvalue weighted by molar-refractivity contribution is 5.64. The molecule has 2 atom stereocenters. The normalized spacial score (nSPS) is 24.3. The van der Waals surface area contributed by atoms with Crippen molar-refractivity contribution in [2.75, 3.05) is 6.61 Å². The van der Waals surface area contributed by atoms with Gasteiger partial charge >= 0.3 is 0 Å². The van der Waals surface area contributed by atoms with Crippen molar-refractivity contribution in [3.63, 3.8) is 0 Å². The predicted octanol–water partition coefficient (Wildman–Crippen LogP) is 11.4. The summed E-state index contributed by atoms with van der Waals surface area (Å²) in [4.78, 5) is 0. The zero-order chi connectivity index (χ0) is 25.7. The van der Waals surface area contributed by atoms with Crippen LogP contribution in [0.4, 0.5) is 0 Å². The largest absolute Gasteiger partial charge is 0.373 e. The first kappa shape index (κ1) is 28.4. The van der Waals surface area contributed by atoms with E-state index in [-0.39, 0.29) is 6.10 Å². The molecule has 1 saturated carbocycles. The Hall–Kier alpha value is -1.60. The minimum absolute atomic E-state index is 0.287. The van der Waals surface area contributed by atoms with Gasteiger partial charge in [0.25, 0.3) is 0 Å². The number of hydrogen-bond donors (Lipinski definition) is 0. The summed E-state index contributed by atoms with van der Waals surface area (Å²) in [6.45, 7) is 5.54. The molecule has 37 heavy (non-hydrogen) atoms. The SMILES string of the molecule is CCCCCCC[C@H]1CC[C@H](c2ccc(-c3ccc(C4CCC(CCCCCC)CO4)cc3)cc2)CC1. The van der Waals surface area contributed by atoms with Gasteiger partial charge in [-0.15, -0.1) is 0 Å². The van der Waals surface area contributed by atoms with E-state index in [4.69, 9.17) is 4.74 Å². The fourth-order valence-electron chi connectivity index (χ4n) is 6.82. The van der Waals surface area contributed by atoms with Crippen molar-refractivity contribution in [1.82, 2.24) is 0 Å². The molecule has 2 aromatic carbocycles. The van der Waals surface area contributed by atoms with Gasteiger partial charge in [-0.05, 0) is 85.0 Å². The fraction of sp³-hybridized carbons (Fsp3) is 0.667. The van der Waals surface area contributed by atoms with Gasteiger partial charge in [-0.2, -0.15) is 0 Å². The van der Waals surface area contributed by atoms with E-state index in [1.165, 1.54) is 126 Å². The van der Waals surface area contributed by atoms with Crippen LogP contribution < -0.4 is 0 Å². The van der Waals surface area contributed by atoms with E-state index in [0.29, 0.717) is 0 Å². The van der Waals surface area contributed by atoms with E-state index in [2.05, 4.69) is 62.4 Å². The number of hydrogen-bond acceptors (Lipinski definition) is 1. The highest BCUT2D eigenvalue weighted by Gasteiger charge is 2.23. The minimum Gasteiger partial charge on any atom is -0.373 e. The molecule has 1 heterocycles. The van der Waals surface area contributed by atoms with Gasteiger partial charge in [0, 0.05) is 0 Å². The molecule has 1 nitrogen and oxygen atoms in total. The summed E-state index contributed by atoms with van der Waals surface area (Å²) in [5.74, 6) is 2.53. The van der Waals surface area contributed by atoms with E-state index in [0.717, 1.165) is 24.4 Å². The van der Waals surface area contributed by atoms with Crippen LogP contribution in [-0.4, -0.2) is 6.61 Å². The van der Waals surface area contributed by atoms with Gasteiger partial charge < -0.3 is 4.74 Å². The molecule has 0 radical (unpaired) electrons. The Morgan fingerprint density at radius 2 is 1.05 bits per heavy atom. The molecule has 0 spiro atoms. The van der Waals surface area contributed by atoms with Crippen molar-refractivity contribution in [2.45, 2.75) is 135 Å². The van der Waals surface area contributed by atoms with E-state index in [1.807, 2.05) is 0 Å². The maximum absolute atomic E-state index is 6.31. The molecule has 1 aliphatic carbocycles. The topological polar surface area (TPSA) is 9.23 Å². The molecule has 2 unspecified atom stereocenters. The molecule has 4 rings (SSSR count). The second-order valence-electron chi connectivity index (χ2n) is 12.3. The maximum Gasteiger partial charge on any atom is 0.0825 e. The molecule has 1 saturated heterocycles. The Bertz CT molecular complexity index is 851. The van der Waals surface area contributed by atoms with Crippen LogP contribution in [0.5, 0.6) is 0 Å². The highest BCUT2D eigenvalue weighted by atomic mass is 16.5. The van der Waals surface area contributed by atoms with Gasteiger partial charge in [-0.25, -0.2) is 0 Å². The van der Waals surface area contributed by atoms with Crippen LogP contribution in [0.1, 0.15) is 146 Å². The number of unbranched alkanes of at least 4 members (excludes halogenated alkanes) is 7. The van der Waals surface area contributed by atoms with Crippen LogP contribution >= 0.6 is 0 Å². The first-order valence-corrected chi connectivity index (χ1v) is 16.1. The van der Waals surface area contributed by atoms with Crippen LogP contribution in [0, 0.1) is 11.8 Å². The third-order valence-electron chi connectivity index (χ3n) is 9.40. The van der Waals surface area contributed by atoms with Gasteiger partial charge in [0.05, 0.1) is 12.7 Å². The minimum atomic E-state index is 0.287. The van der Waals surface area contributed by atoms with Crippen molar-refractivity contribution in [1.29, 1.82) is 0 Å². The Labute approximate surface area is 228 Å². The third-order valence-corrected chi connectivity index (χ3v) is 9.40. The summed E-state index contributed by atoms with van der Waals surface area (Å²) in [5, 5.41) is 0. The summed E-state index contributed by atoms with van der Waals surface area (Å²) in [7, 11) is 0. The second-order valence-corrected chi connectivity index (χ2v) is 12.3. The lowest BCUT2D eigenvalue weighted by atomic mass is 9.77. The van der Waals surface area contributed by atoms with Gasteiger partial charge in [0.1, 0.15) is 0 Å². The van der Waals surface area contributed by atoms with Gasteiger partial charge in [0.15, 0.2) is 0 Å². The van der Waals surface area contributed by atoms with Gasteiger partial charge in [0.2, 0.25) is 0 Å². The van der Waals surface area contributed by atoms with E-state index in [9.17, 15) is 0 Å². The summed E-state index contributed by atoms with van der Waals surface area (Å²) >= 11 is 0. The second kappa shape index (κ2) is 15.7. The van der Waals surface area contributed by atoms with Crippen LogP contribution in [-0.2, 0) is 4.74 Å². The molecule has 0 N–H and O–H groups in total. The lowest BCUT2D eigenvalue weighted by molar-refractivity contribution is -0.0198. The molecule has 204 valence electrons. The van der Waals surface area contributed by atoms with E-state index >= 15 is 0 Å². The standard InChI is InChI=1S/C36H54O/c1-3-5-7-9-11-12-29-14-17-31(18-15-29)32-19-21-33(22-20-32)34-23-25-35(26-24-34)36-27-16-30(28-37-36)13-10-8-6-4-2/h19-26,29-31,36H,3-18,27-28H2,1-2H3/t29-,30?,31-,36?. The molecular formula is C36H54O. The van der Waals surface area contributed by atoms with Crippen molar-refractivity contribution in [3.05, 3.63) is 59.7 Å². The smallest absolute Gasteiger partial charge is 0.0825 e. The first-order valence-electron chi connectivity index (χ1n) is 16.1. The highest BCUT2D eigenvalue weighted by Crippen LogP contribution is 2.39. The molecule has 2 aromatic rings. The van der Waals surface area contributed by atoms with Crippen LogP contribution in [0.2, 0.25) is 0 Å². The van der Waals surface area contributed by atoms with Crippen LogP contribution in [0.15, 0.2) is 48.5 Å². The summed E-state index contributed by atoms with van der Waals surface area (Å²) in [6, 6.07) is 18.7. The zero-order valence-electron chi connectivity index (χ0n) is 24.1. The molecule has 0 bridgehead atoms. The lowest BCUT2D eigenvalue weighted by Crippen LogP contribution is -2.20. The number of ether oxygens (including phenoxy) is 1. The molecule has 1 heteroatoms. The quantitative estimate of drug-likeness (QED) is 0.233. The molecule has 1 aliphatic heterocycles. The number of benzene rings is 2. The average Bonchev–Trinajstić information content (AvgIpc) is 2.96. The van der Waals surface area contributed by atoms with E-state index in [1.54, 1.807) is 5.56 Å². The lowest BCUT2D eigenvalue weighted by Gasteiger charge is -2.29. The molecule has 2 aliphatic rings. The molecule has 0 amide bonds. The van der Waals surface area contributed by atoms with Crippen LogP contribution in [0.25, 0.3) is 11.1 Å². The van der Waals surface area contributed by atoms with Crippen molar-refractivity contribution >= 4 is 0 Å². The first-order chi connectivity index (χ1) is 18.3. The van der Waals surface area contributed by atoms with Gasteiger partial charge in [-0.3, -0.25) is 0 Å². The molecular weight excluding hydrogens is 448 g/mol. The van der Waals surface area contributed by atoms with Crippen molar-refractivity contribution in [2.24, 2.45) is 11.8 Å². The predicted molar refractivity (Wildman–Crippen MR) is 160 cm³/mol. The summed E-state index contributed by atoms with van der Waals surface area (Å²) in [6.07, 6.45) is 23.8. The number of rotatable bonds is 14. The maximum atomic E-state index is 6.31. The average molecular weight is 503 g/mol. The summed E-state index contributed by atoms with van der Waals surface area (Å²) in [5.41, 5.74) is 5.58. The Morgan fingerprint density at radius 3 is 1.62 bits per heavy atom. The summed E-state index contributed by atoms with van der Waals surface area (Å²) < 4.78 is 6.31. The third kappa shape index (κ3) is 8.98. The fourth-order valence-corrected chi connectivity index (χ4v) is 6.82. The van der Waals surface area contributed by atoms with Crippen molar-refractivity contribution in [3.8, 4) is 11.1 Å². The van der Waals surface area contributed by atoms with Gasteiger partial charge in [-0.1, -0.05) is 127 Å². The van der Waals surface area contributed by atoms with Crippen LogP contribution in [0.3, 0.4) is 0 Å².